The van der Waals surface area contributed by atoms with E-state index in [9.17, 15) is 9.90 Å². The number of guanidine groups is 1. The maximum atomic E-state index is 12.1. The van der Waals surface area contributed by atoms with Crippen LogP contribution in [0, 0.1) is 5.92 Å². The Morgan fingerprint density at radius 1 is 1.23 bits per heavy atom. The van der Waals surface area contributed by atoms with E-state index in [-0.39, 0.29) is 17.2 Å². The van der Waals surface area contributed by atoms with Crippen molar-refractivity contribution in [1.29, 1.82) is 0 Å². The standard InChI is InChI=1S/C22H35N5O3/c1-2-23-22(25-11-10-24-21(29)19-5-3-4-6-20(19)28)26-18-7-12-27(13-8-18)15-17-9-14-30-16-17/h3-6,17-18,28H,2,7-16H2,1H3,(H,24,29)(H2,23,25,26). The number of benzene rings is 1. The number of nitrogens with one attached hydrogen (secondary N) is 3. The number of likely N-dealkylation sites (tertiary alicyclic amines) is 1. The van der Waals surface area contributed by atoms with Gasteiger partial charge >= 0.3 is 0 Å². The lowest BCUT2D eigenvalue weighted by molar-refractivity contribution is 0.0952. The molecule has 2 aliphatic rings. The van der Waals surface area contributed by atoms with Gasteiger partial charge in [0.25, 0.3) is 5.91 Å². The number of phenols is 1. The summed E-state index contributed by atoms with van der Waals surface area (Å²) in [5.41, 5.74) is 0.280. The number of rotatable bonds is 8. The second kappa shape index (κ2) is 11.8. The molecule has 1 amide bonds. The first-order valence-electron chi connectivity index (χ1n) is 11.1. The normalized spacial score (nSPS) is 20.8. The Labute approximate surface area is 179 Å². The summed E-state index contributed by atoms with van der Waals surface area (Å²) in [7, 11) is 0. The lowest BCUT2D eigenvalue weighted by atomic mass is 10.0. The third-order valence-electron chi connectivity index (χ3n) is 5.63. The van der Waals surface area contributed by atoms with Gasteiger partial charge in [-0.15, -0.1) is 0 Å². The molecule has 2 fully saturated rings. The Kier molecular flexibility index (Phi) is 8.77. The Bertz CT molecular complexity index is 698. The summed E-state index contributed by atoms with van der Waals surface area (Å²) in [6.07, 6.45) is 3.39. The number of amides is 1. The Morgan fingerprint density at radius 3 is 2.73 bits per heavy atom. The quantitative estimate of drug-likeness (QED) is 0.288. The largest absolute Gasteiger partial charge is 0.507 e. The van der Waals surface area contributed by atoms with Gasteiger partial charge in [0.05, 0.1) is 18.7 Å². The minimum Gasteiger partial charge on any atom is -0.507 e. The number of ether oxygens (including phenoxy) is 1. The van der Waals surface area contributed by atoms with Crippen LogP contribution >= 0.6 is 0 Å². The second-order valence-electron chi connectivity index (χ2n) is 7.98. The highest BCUT2D eigenvalue weighted by molar-refractivity contribution is 5.96. The molecule has 1 unspecified atom stereocenters. The molecule has 8 nitrogen and oxygen atoms in total. The number of aromatic hydroxyl groups is 1. The van der Waals surface area contributed by atoms with Crippen LogP contribution in [0.15, 0.2) is 29.3 Å². The van der Waals surface area contributed by atoms with Gasteiger partial charge in [-0.1, -0.05) is 12.1 Å². The van der Waals surface area contributed by atoms with Gasteiger partial charge in [0, 0.05) is 45.4 Å². The zero-order valence-electron chi connectivity index (χ0n) is 17.9. The zero-order chi connectivity index (χ0) is 21.2. The Hall–Kier alpha value is -2.32. The van der Waals surface area contributed by atoms with Crippen LogP contribution in [-0.2, 0) is 4.74 Å². The fourth-order valence-corrected chi connectivity index (χ4v) is 3.96. The molecule has 2 saturated heterocycles. The van der Waals surface area contributed by atoms with E-state index < -0.39 is 0 Å². The summed E-state index contributed by atoms with van der Waals surface area (Å²) < 4.78 is 5.49. The lowest BCUT2D eigenvalue weighted by Crippen LogP contribution is -2.49. The van der Waals surface area contributed by atoms with Gasteiger partial charge < -0.3 is 30.7 Å². The van der Waals surface area contributed by atoms with Crippen molar-refractivity contribution in [2.75, 3.05) is 52.5 Å². The lowest BCUT2D eigenvalue weighted by Gasteiger charge is -2.34. The van der Waals surface area contributed by atoms with Gasteiger partial charge in [0.15, 0.2) is 5.96 Å². The second-order valence-corrected chi connectivity index (χ2v) is 7.98. The van der Waals surface area contributed by atoms with Crippen molar-refractivity contribution in [3.63, 3.8) is 0 Å². The minimum absolute atomic E-state index is 0.0136. The van der Waals surface area contributed by atoms with Crippen LogP contribution in [0.25, 0.3) is 0 Å². The number of para-hydroxylation sites is 1. The number of carbonyl (C=O) groups is 1. The van der Waals surface area contributed by atoms with Crippen molar-refractivity contribution in [3.8, 4) is 5.75 Å². The number of hydrogen-bond acceptors (Lipinski definition) is 5. The van der Waals surface area contributed by atoms with Gasteiger partial charge in [-0.2, -0.15) is 0 Å². The molecular formula is C22H35N5O3. The van der Waals surface area contributed by atoms with Crippen LogP contribution in [0.4, 0.5) is 0 Å². The maximum absolute atomic E-state index is 12.1. The Morgan fingerprint density at radius 2 is 2.03 bits per heavy atom. The molecule has 4 N–H and O–H groups in total. The van der Waals surface area contributed by atoms with E-state index in [2.05, 4.69) is 25.8 Å². The summed E-state index contributed by atoms with van der Waals surface area (Å²) >= 11 is 0. The van der Waals surface area contributed by atoms with E-state index >= 15 is 0 Å². The van der Waals surface area contributed by atoms with Crippen molar-refractivity contribution in [2.24, 2.45) is 10.9 Å². The molecule has 2 aliphatic heterocycles. The highest BCUT2D eigenvalue weighted by Crippen LogP contribution is 2.18. The summed E-state index contributed by atoms with van der Waals surface area (Å²) in [5, 5.41) is 19.4. The third kappa shape index (κ3) is 6.88. The summed E-state index contributed by atoms with van der Waals surface area (Å²) in [4.78, 5) is 19.3. The number of aliphatic imine (C=N–C) groups is 1. The molecule has 166 valence electrons. The summed E-state index contributed by atoms with van der Waals surface area (Å²) in [6.45, 7) is 8.89. The molecule has 8 heteroatoms. The highest BCUT2D eigenvalue weighted by atomic mass is 16.5. The molecular weight excluding hydrogens is 382 g/mol. The van der Waals surface area contributed by atoms with Crippen molar-refractivity contribution in [3.05, 3.63) is 29.8 Å². The molecule has 0 radical (unpaired) electrons. The number of hydrogen-bond donors (Lipinski definition) is 4. The van der Waals surface area contributed by atoms with E-state index in [0.717, 1.165) is 58.2 Å². The minimum atomic E-state index is -0.290. The van der Waals surface area contributed by atoms with Crippen LogP contribution in [-0.4, -0.2) is 80.4 Å². The van der Waals surface area contributed by atoms with Crippen LogP contribution in [0.5, 0.6) is 5.75 Å². The van der Waals surface area contributed by atoms with Gasteiger partial charge in [-0.3, -0.25) is 9.79 Å². The van der Waals surface area contributed by atoms with Crippen LogP contribution in [0.3, 0.4) is 0 Å². The van der Waals surface area contributed by atoms with E-state index in [0.29, 0.717) is 25.0 Å². The SMILES string of the molecule is CCNC(=NCCNC(=O)c1ccccc1O)NC1CCN(CC2CCOC2)CC1. The molecule has 1 aromatic carbocycles. The average Bonchev–Trinajstić information content (AvgIpc) is 3.26. The van der Waals surface area contributed by atoms with E-state index in [1.807, 2.05) is 6.92 Å². The summed E-state index contributed by atoms with van der Waals surface area (Å²) in [6, 6.07) is 6.94. The first-order chi connectivity index (χ1) is 14.7. The molecule has 0 bridgehead atoms. The van der Waals surface area contributed by atoms with Crippen LogP contribution in [0.2, 0.25) is 0 Å². The topological polar surface area (TPSA) is 98.2 Å². The summed E-state index contributed by atoms with van der Waals surface area (Å²) in [5.74, 6) is 1.18. The van der Waals surface area contributed by atoms with Gasteiger partial charge in [0.2, 0.25) is 0 Å². The van der Waals surface area contributed by atoms with Crippen molar-refractivity contribution < 1.29 is 14.6 Å². The molecule has 1 atom stereocenters. The molecule has 0 spiro atoms. The number of piperidine rings is 1. The van der Waals surface area contributed by atoms with E-state index in [4.69, 9.17) is 4.74 Å². The first-order valence-corrected chi connectivity index (χ1v) is 11.1. The molecule has 3 rings (SSSR count). The van der Waals surface area contributed by atoms with E-state index in [1.54, 1.807) is 18.2 Å². The van der Waals surface area contributed by atoms with E-state index in [1.165, 1.54) is 12.5 Å². The van der Waals surface area contributed by atoms with Crippen LogP contribution < -0.4 is 16.0 Å². The monoisotopic (exact) mass is 417 g/mol. The first kappa shape index (κ1) is 22.4. The molecule has 30 heavy (non-hydrogen) atoms. The Balaban J connectivity index is 1.39. The van der Waals surface area contributed by atoms with Crippen molar-refractivity contribution in [1.82, 2.24) is 20.9 Å². The highest BCUT2D eigenvalue weighted by Gasteiger charge is 2.24. The van der Waals surface area contributed by atoms with Gasteiger partial charge in [-0.25, -0.2) is 0 Å². The van der Waals surface area contributed by atoms with Crippen molar-refractivity contribution in [2.45, 2.75) is 32.2 Å². The van der Waals surface area contributed by atoms with Gasteiger partial charge in [-0.05, 0) is 44.2 Å². The third-order valence-corrected chi connectivity index (χ3v) is 5.63. The zero-order valence-corrected chi connectivity index (χ0v) is 17.9. The van der Waals surface area contributed by atoms with Crippen LogP contribution in [0.1, 0.15) is 36.5 Å². The smallest absolute Gasteiger partial charge is 0.255 e. The predicted molar refractivity (Wildman–Crippen MR) is 118 cm³/mol. The maximum Gasteiger partial charge on any atom is 0.255 e. The number of phenolic OH excluding ortho intramolecular Hbond substituents is 1. The van der Waals surface area contributed by atoms with Crippen molar-refractivity contribution >= 4 is 11.9 Å². The average molecular weight is 418 g/mol. The fourth-order valence-electron chi connectivity index (χ4n) is 3.96. The molecule has 0 aliphatic carbocycles. The molecule has 0 saturated carbocycles. The number of carbonyl (C=O) groups excluding carboxylic acids is 1. The molecule has 2 heterocycles. The molecule has 1 aromatic rings. The number of nitrogens with zero attached hydrogens (tertiary/aromatic N) is 2. The predicted octanol–water partition coefficient (Wildman–Crippen LogP) is 1.18. The van der Waals surface area contributed by atoms with Gasteiger partial charge in [0.1, 0.15) is 5.75 Å². The fraction of sp³-hybridized carbons (Fsp3) is 0.636. The molecule has 0 aromatic heterocycles.